The quantitative estimate of drug-likeness (QED) is 0.677. The number of carbonyl (C=O) groups is 1. The van der Waals surface area contributed by atoms with Gasteiger partial charge in [0.1, 0.15) is 6.26 Å². The monoisotopic (exact) mass is 293 g/mol. The van der Waals surface area contributed by atoms with Crippen LogP contribution in [0.1, 0.15) is 17.5 Å². The average Bonchev–Trinajstić information content (AvgIpc) is 3.02. The van der Waals surface area contributed by atoms with Gasteiger partial charge in [-0.3, -0.25) is 4.98 Å². The lowest BCUT2D eigenvalue weighted by atomic mass is 9.97. The molecule has 4 heteroatoms. The Morgan fingerprint density at radius 2 is 1.82 bits per heavy atom. The van der Waals surface area contributed by atoms with E-state index in [4.69, 9.17) is 9.15 Å². The zero-order valence-corrected chi connectivity index (χ0v) is 12.2. The Hall–Kier alpha value is -2.88. The van der Waals surface area contributed by atoms with E-state index in [1.165, 1.54) is 0 Å². The van der Waals surface area contributed by atoms with Crippen LogP contribution in [0.3, 0.4) is 0 Å². The van der Waals surface area contributed by atoms with Crippen LogP contribution in [-0.2, 0) is 4.74 Å². The molecule has 2 heterocycles. The van der Waals surface area contributed by atoms with Crippen LogP contribution in [0, 0.1) is 0 Å². The number of aromatic nitrogens is 1. The first kappa shape index (κ1) is 14.1. The average molecular weight is 293 g/mol. The smallest absolute Gasteiger partial charge is 0.374 e. The molecule has 3 aromatic rings. The van der Waals surface area contributed by atoms with Crippen molar-refractivity contribution in [2.45, 2.75) is 6.92 Å². The summed E-state index contributed by atoms with van der Waals surface area (Å²) >= 11 is 0. The fraction of sp³-hybridized carbons (Fsp3) is 0.111. The minimum Gasteiger partial charge on any atom is -0.460 e. The van der Waals surface area contributed by atoms with Crippen molar-refractivity contribution < 1.29 is 13.9 Å². The molecule has 0 amide bonds. The molecular formula is C18H15NO3. The molecule has 0 unspecified atom stereocenters. The minimum absolute atomic E-state index is 0.222. The van der Waals surface area contributed by atoms with Gasteiger partial charge >= 0.3 is 5.97 Å². The van der Waals surface area contributed by atoms with Crippen molar-refractivity contribution in [2.75, 3.05) is 6.61 Å². The maximum absolute atomic E-state index is 12.2. The molecule has 0 saturated heterocycles. The van der Waals surface area contributed by atoms with E-state index in [0.29, 0.717) is 6.61 Å². The molecule has 110 valence electrons. The van der Waals surface area contributed by atoms with E-state index in [9.17, 15) is 4.79 Å². The van der Waals surface area contributed by atoms with Crippen LogP contribution in [-0.4, -0.2) is 17.6 Å². The van der Waals surface area contributed by atoms with Crippen molar-refractivity contribution in [3.63, 3.8) is 0 Å². The van der Waals surface area contributed by atoms with Crippen molar-refractivity contribution in [3.05, 3.63) is 66.9 Å². The number of esters is 1. The van der Waals surface area contributed by atoms with Gasteiger partial charge in [-0.1, -0.05) is 30.3 Å². The Bertz CT molecular complexity index is 764. The molecule has 0 aliphatic rings. The lowest BCUT2D eigenvalue weighted by Gasteiger charge is -2.06. The second-order valence-electron chi connectivity index (χ2n) is 4.68. The minimum atomic E-state index is -0.457. The number of carbonyl (C=O) groups excluding carboxylic acids is 1. The molecule has 0 saturated carbocycles. The molecule has 0 bridgehead atoms. The normalized spacial score (nSPS) is 10.4. The van der Waals surface area contributed by atoms with Crippen LogP contribution in [0.25, 0.3) is 22.3 Å². The molecule has 0 N–H and O–H groups in total. The predicted molar refractivity (Wildman–Crippen MR) is 83.3 cm³/mol. The highest BCUT2D eigenvalue weighted by Gasteiger charge is 2.23. The van der Waals surface area contributed by atoms with E-state index in [0.717, 1.165) is 22.3 Å². The zero-order valence-electron chi connectivity index (χ0n) is 12.2. The van der Waals surface area contributed by atoms with Crippen LogP contribution >= 0.6 is 0 Å². The van der Waals surface area contributed by atoms with Gasteiger partial charge in [0.05, 0.1) is 6.61 Å². The van der Waals surface area contributed by atoms with Crippen molar-refractivity contribution in [1.82, 2.24) is 4.98 Å². The number of benzene rings is 1. The summed E-state index contributed by atoms with van der Waals surface area (Å²) in [5, 5.41) is 0. The van der Waals surface area contributed by atoms with Gasteiger partial charge in [-0.25, -0.2) is 4.79 Å². The molecule has 3 rings (SSSR count). The number of rotatable bonds is 4. The number of hydrogen-bond acceptors (Lipinski definition) is 4. The molecule has 1 aromatic carbocycles. The highest BCUT2D eigenvalue weighted by molar-refractivity contribution is 5.99. The third kappa shape index (κ3) is 2.63. The van der Waals surface area contributed by atoms with Crippen LogP contribution in [0.4, 0.5) is 0 Å². The second kappa shape index (κ2) is 6.26. The van der Waals surface area contributed by atoms with Crippen molar-refractivity contribution in [2.24, 2.45) is 0 Å². The zero-order chi connectivity index (χ0) is 15.4. The van der Waals surface area contributed by atoms with Crippen molar-refractivity contribution in [3.8, 4) is 22.3 Å². The molecule has 0 radical (unpaired) electrons. The van der Waals surface area contributed by atoms with E-state index in [1.54, 1.807) is 25.6 Å². The third-order valence-electron chi connectivity index (χ3n) is 3.31. The third-order valence-corrected chi connectivity index (χ3v) is 3.31. The summed E-state index contributed by atoms with van der Waals surface area (Å²) in [6.45, 7) is 2.07. The van der Waals surface area contributed by atoms with E-state index in [2.05, 4.69) is 4.98 Å². The van der Waals surface area contributed by atoms with Crippen LogP contribution < -0.4 is 0 Å². The second-order valence-corrected chi connectivity index (χ2v) is 4.68. The van der Waals surface area contributed by atoms with Gasteiger partial charge in [0, 0.05) is 23.5 Å². The summed E-state index contributed by atoms with van der Waals surface area (Å²) in [7, 11) is 0. The van der Waals surface area contributed by atoms with Gasteiger partial charge in [-0.05, 0) is 30.2 Å². The molecule has 0 atom stereocenters. The Labute approximate surface area is 128 Å². The molecule has 0 aliphatic carbocycles. The van der Waals surface area contributed by atoms with E-state index < -0.39 is 5.97 Å². The van der Waals surface area contributed by atoms with E-state index in [1.807, 2.05) is 42.5 Å². The first-order chi connectivity index (χ1) is 10.8. The van der Waals surface area contributed by atoms with Gasteiger partial charge in [0.2, 0.25) is 5.76 Å². The summed E-state index contributed by atoms with van der Waals surface area (Å²) in [5.41, 5.74) is 3.43. The van der Waals surface area contributed by atoms with Gasteiger partial charge in [0.15, 0.2) is 0 Å². The first-order valence-corrected chi connectivity index (χ1v) is 7.05. The number of nitrogens with zero attached hydrogens (tertiary/aromatic N) is 1. The largest absolute Gasteiger partial charge is 0.460 e. The molecule has 22 heavy (non-hydrogen) atoms. The van der Waals surface area contributed by atoms with Crippen LogP contribution in [0.5, 0.6) is 0 Å². The summed E-state index contributed by atoms with van der Waals surface area (Å²) < 4.78 is 10.6. The van der Waals surface area contributed by atoms with Gasteiger partial charge in [0.25, 0.3) is 0 Å². The summed E-state index contributed by atoms with van der Waals surface area (Å²) in [5.74, 6) is -0.235. The topological polar surface area (TPSA) is 52.3 Å². The Balaban J connectivity index is 2.18. The van der Waals surface area contributed by atoms with Gasteiger partial charge in [-0.2, -0.15) is 0 Å². The summed E-state index contributed by atoms with van der Waals surface area (Å²) in [4.78, 5) is 16.2. The maximum atomic E-state index is 12.2. The van der Waals surface area contributed by atoms with Crippen LogP contribution in [0.2, 0.25) is 0 Å². The summed E-state index contributed by atoms with van der Waals surface area (Å²) in [6, 6.07) is 13.4. The number of pyridine rings is 1. The van der Waals surface area contributed by atoms with Gasteiger partial charge < -0.3 is 9.15 Å². The molecule has 0 fully saturated rings. The highest BCUT2D eigenvalue weighted by atomic mass is 16.5. The molecule has 0 spiro atoms. The van der Waals surface area contributed by atoms with Crippen LogP contribution in [0.15, 0.2) is 65.5 Å². The van der Waals surface area contributed by atoms with Gasteiger partial charge in [-0.15, -0.1) is 0 Å². The predicted octanol–water partition coefficient (Wildman–Crippen LogP) is 4.19. The molecule has 0 aliphatic heterocycles. The Morgan fingerprint density at radius 1 is 1.09 bits per heavy atom. The maximum Gasteiger partial charge on any atom is 0.374 e. The summed E-state index contributed by atoms with van der Waals surface area (Å²) in [6.07, 6.45) is 5.01. The van der Waals surface area contributed by atoms with Crippen molar-refractivity contribution in [1.29, 1.82) is 0 Å². The Kier molecular flexibility index (Phi) is 4.01. The molecule has 4 nitrogen and oxygen atoms in total. The SMILES string of the molecule is CCOC(=O)c1occ(-c2ccncc2)c1-c1ccccc1. The lowest BCUT2D eigenvalue weighted by molar-refractivity contribution is 0.0491. The van der Waals surface area contributed by atoms with Crippen molar-refractivity contribution >= 4 is 5.97 Å². The fourth-order valence-corrected chi connectivity index (χ4v) is 2.34. The number of furan rings is 1. The Morgan fingerprint density at radius 3 is 2.50 bits per heavy atom. The molecular weight excluding hydrogens is 278 g/mol. The highest BCUT2D eigenvalue weighted by Crippen LogP contribution is 2.36. The van der Waals surface area contributed by atoms with E-state index >= 15 is 0 Å². The molecule has 2 aromatic heterocycles. The first-order valence-electron chi connectivity index (χ1n) is 7.05. The standard InChI is InChI=1S/C18H15NO3/c1-2-21-18(20)17-16(14-6-4-3-5-7-14)15(12-22-17)13-8-10-19-11-9-13/h3-12H,2H2,1H3. The lowest BCUT2D eigenvalue weighted by Crippen LogP contribution is -2.04. The fourth-order valence-electron chi connectivity index (χ4n) is 2.34. The number of ether oxygens (including phenoxy) is 1. The number of hydrogen-bond donors (Lipinski definition) is 0. The van der Waals surface area contributed by atoms with E-state index in [-0.39, 0.29) is 5.76 Å².